The first-order valence-corrected chi connectivity index (χ1v) is 17.2. The lowest BCUT2D eigenvalue weighted by Crippen LogP contribution is -2.61. The van der Waals surface area contributed by atoms with Crippen LogP contribution in [0.3, 0.4) is 0 Å². The summed E-state index contributed by atoms with van der Waals surface area (Å²) >= 11 is 12.6. The summed E-state index contributed by atoms with van der Waals surface area (Å²) in [4.78, 5) is 79.5. The highest BCUT2D eigenvalue weighted by Gasteiger charge is 2.48. The first kappa shape index (κ1) is 37.9. The Bertz CT molecular complexity index is 1160. The molecule has 2 saturated carbocycles. The smallest absolute Gasteiger partial charge is 0.329 e. The Balaban J connectivity index is 1.87. The minimum atomic E-state index is -1.15. The number of carbonyl (C=O) groups is 6. The van der Waals surface area contributed by atoms with Crippen molar-refractivity contribution >= 4 is 58.7 Å². The largest absolute Gasteiger partial charge is 0.458 e. The molecule has 3 aliphatic rings. The number of ether oxygens (including phenoxy) is 1. The van der Waals surface area contributed by atoms with Crippen molar-refractivity contribution in [2.45, 2.75) is 134 Å². The molecule has 5 N–H and O–H groups in total. The molecule has 5 amide bonds. The number of ketones is 1. The Hall–Kier alpha value is -2.60. The van der Waals surface area contributed by atoms with Gasteiger partial charge in [-0.25, -0.2) is 9.59 Å². The van der Waals surface area contributed by atoms with E-state index in [2.05, 4.69) is 16.0 Å². The predicted octanol–water partition coefficient (Wildman–Crippen LogP) is 3.35. The number of nitrogens with zero attached hydrogens (tertiary/aromatic N) is 1. The molecule has 14 heteroatoms. The summed E-state index contributed by atoms with van der Waals surface area (Å²) in [5, 5.41) is 8.23. The number of rotatable bonds is 12. The fourth-order valence-corrected chi connectivity index (χ4v) is 6.87. The number of hydrogen-bond donors (Lipinski definition) is 4. The quantitative estimate of drug-likeness (QED) is 0.138. The minimum Gasteiger partial charge on any atom is -0.458 e. The lowest BCUT2D eigenvalue weighted by atomic mass is 9.83. The van der Waals surface area contributed by atoms with Crippen LogP contribution in [0.1, 0.15) is 99.3 Å². The molecule has 3 fully saturated rings. The summed E-state index contributed by atoms with van der Waals surface area (Å²) in [5.74, 6) is -4.48. The molecule has 1 aliphatic heterocycles. The van der Waals surface area contributed by atoms with Gasteiger partial charge in [0.05, 0.1) is 6.04 Å². The number of urea groups is 1. The number of primary amides is 1. The van der Waals surface area contributed by atoms with Crippen LogP contribution in [0.25, 0.3) is 0 Å². The second-order valence-electron chi connectivity index (χ2n) is 15.1. The van der Waals surface area contributed by atoms with Crippen LogP contribution < -0.4 is 21.7 Å². The summed E-state index contributed by atoms with van der Waals surface area (Å²) in [6.45, 7) is 10.8. The second-order valence-corrected chi connectivity index (χ2v) is 16.2. The molecule has 0 aromatic heterocycles. The number of hydrogen-bond acceptors (Lipinski definition) is 7. The average Bonchev–Trinajstić information content (AvgIpc) is 3.65. The molecular weight excluding hydrogens is 637 g/mol. The molecule has 1 heterocycles. The number of alkyl halides is 2. The monoisotopic (exact) mass is 687 g/mol. The molecule has 0 aromatic carbocycles. The van der Waals surface area contributed by atoms with Crippen LogP contribution in [0.4, 0.5) is 4.79 Å². The highest BCUT2D eigenvalue weighted by atomic mass is 35.5. The number of nitrogens with two attached hydrogens (primary N) is 1. The number of Topliss-reactive ketones (excluding diaryl/α,β-unsaturated/α-hetero) is 1. The average molecular weight is 689 g/mol. The van der Waals surface area contributed by atoms with Crippen molar-refractivity contribution < 1.29 is 33.5 Å². The van der Waals surface area contributed by atoms with Crippen LogP contribution in [0.2, 0.25) is 0 Å². The van der Waals surface area contributed by atoms with Gasteiger partial charge >= 0.3 is 12.0 Å². The number of nitrogens with one attached hydrogen (secondary N) is 3. The highest BCUT2D eigenvalue weighted by Crippen LogP contribution is 2.36. The maximum Gasteiger partial charge on any atom is 0.329 e. The van der Waals surface area contributed by atoms with E-state index in [1.807, 2.05) is 0 Å². The molecule has 3 rings (SSSR count). The zero-order valence-corrected chi connectivity index (χ0v) is 29.3. The Labute approximate surface area is 281 Å². The molecule has 12 nitrogen and oxygen atoms in total. The molecule has 260 valence electrons. The first-order chi connectivity index (χ1) is 21.3. The molecule has 0 bridgehead atoms. The number of likely N-dealkylation sites (tertiary alicyclic amines) is 1. The molecule has 0 spiro atoms. The van der Waals surface area contributed by atoms with Crippen LogP contribution in [-0.2, 0) is 28.7 Å². The van der Waals surface area contributed by atoms with Crippen LogP contribution in [0.5, 0.6) is 0 Å². The Morgan fingerprint density at radius 1 is 0.870 bits per heavy atom. The van der Waals surface area contributed by atoms with Gasteiger partial charge in [-0.15, -0.1) is 23.2 Å². The highest BCUT2D eigenvalue weighted by molar-refractivity contribution is 6.44. The van der Waals surface area contributed by atoms with Crippen molar-refractivity contribution in [1.29, 1.82) is 0 Å². The van der Waals surface area contributed by atoms with Gasteiger partial charge in [-0.2, -0.15) is 0 Å². The van der Waals surface area contributed by atoms with Crippen LogP contribution in [-0.4, -0.2) is 81.6 Å². The summed E-state index contributed by atoms with van der Waals surface area (Å²) in [6, 6.07) is -5.00. The van der Waals surface area contributed by atoms with Gasteiger partial charge in [-0.3, -0.25) is 19.2 Å². The SMILES string of the molecule is CC(C)(C)OC(=O)[C@@H](NC(=O)N[C@H](C(=O)N1CC[C@H](C(Cl)Cl)[C@H]1C(=O)NC(CC1CC1)C(=O)C(N)=O)C1CCCCC1)C(C)(C)C. The van der Waals surface area contributed by atoms with Gasteiger partial charge in [0.1, 0.15) is 28.6 Å². The van der Waals surface area contributed by atoms with Crippen molar-refractivity contribution in [3.63, 3.8) is 0 Å². The van der Waals surface area contributed by atoms with Crippen LogP contribution >= 0.6 is 23.2 Å². The van der Waals surface area contributed by atoms with E-state index in [9.17, 15) is 28.8 Å². The molecule has 1 unspecified atom stereocenters. The zero-order valence-electron chi connectivity index (χ0n) is 27.8. The van der Waals surface area contributed by atoms with Gasteiger partial charge in [0.25, 0.3) is 5.91 Å². The fraction of sp³-hybridized carbons (Fsp3) is 0.812. The molecule has 2 aliphatic carbocycles. The maximum atomic E-state index is 14.4. The van der Waals surface area contributed by atoms with Crippen molar-refractivity contribution in [2.75, 3.05) is 6.54 Å². The van der Waals surface area contributed by atoms with Crippen molar-refractivity contribution in [2.24, 2.45) is 28.9 Å². The van der Waals surface area contributed by atoms with E-state index >= 15 is 0 Å². The maximum absolute atomic E-state index is 14.4. The Kier molecular flexibility index (Phi) is 12.8. The zero-order chi connectivity index (χ0) is 34.6. The topological polar surface area (TPSA) is 177 Å². The van der Waals surface area contributed by atoms with E-state index in [0.29, 0.717) is 19.3 Å². The van der Waals surface area contributed by atoms with E-state index in [4.69, 9.17) is 33.7 Å². The Morgan fingerprint density at radius 2 is 1.48 bits per heavy atom. The van der Waals surface area contributed by atoms with Gasteiger partial charge in [0, 0.05) is 12.5 Å². The van der Waals surface area contributed by atoms with Crippen molar-refractivity contribution in [1.82, 2.24) is 20.9 Å². The molecule has 46 heavy (non-hydrogen) atoms. The predicted molar refractivity (Wildman–Crippen MR) is 174 cm³/mol. The van der Waals surface area contributed by atoms with Crippen LogP contribution in [0.15, 0.2) is 0 Å². The summed E-state index contributed by atoms with van der Waals surface area (Å²) < 4.78 is 5.56. The number of halogens is 2. The number of esters is 1. The molecule has 1 saturated heterocycles. The van der Waals surface area contributed by atoms with E-state index in [1.165, 1.54) is 4.90 Å². The molecule has 0 radical (unpaired) electrons. The standard InChI is InChI=1S/C32H51Cl2N5O7/c1-31(2,3)24(29(44)46-32(4,5)6)38-30(45)37-21(18-10-8-7-9-11-18)28(43)39-15-14-19(25(33)34)22(39)27(42)36-20(16-17-12-13-17)23(40)26(35)41/h17-22,24-25H,7-16H2,1-6H3,(H2,35,41)(H,36,42)(H2,37,38,45)/t19-,20?,21-,22-,24+/m0/s1. The molecular formula is C32H51Cl2N5O7. The van der Waals surface area contributed by atoms with Gasteiger partial charge in [-0.05, 0) is 63.7 Å². The third kappa shape index (κ3) is 10.5. The van der Waals surface area contributed by atoms with E-state index in [-0.39, 0.29) is 24.8 Å². The molecule has 0 aromatic rings. The van der Waals surface area contributed by atoms with Gasteiger partial charge in [0.2, 0.25) is 17.6 Å². The summed E-state index contributed by atoms with van der Waals surface area (Å²) in [5.41, 5.74) is 3.79. The number of carbonyl (C=O) groups excluding carboxylic acids is 6. The van der Waals surface area contributed by atoms with E-state index in [1.54, 1.807) is 41.5 Å². The second kappa shape index (κ2) is 15.5. The lowest BCUT2D eigenvalue weighted by Gasteiger charge is -2.37. The minimum absolute atomic E-state index is 0.142. The van der Waals surface area contributed by atoms with E-state index < -0.39 is 81.4 Å². The van der Waals surface area contributed by atoms with Crippen molar-refractivity contribution in [3.05, 3.63) is 0 Å². The first-order valence-electron chi connectivity index (χ1n) is 16.3. The van der Waals surface area contributed by atoms with Gasteiger partial charge in [-0.1, -0.05) is 52.9 Å². The fourth-order valence-electron chi connectivity index (χ4n) is 6.34. The van der Waals surface area contributed by atoms with Gasteiger partial charge in [0.15, 0.2) is 0 Å². The van der Waals surface area contributed by atoms with Crippen LogP contribution in [0, 0.1) is 23.2 Å². The summed E-state index contributed by atoms with van der Waals surface area (Å²) in [6.07, 6.45) is 6.44. The van der Waals surface area contributed by atoms with Crippen molar-refractivity contribution in [3.8, 4) is 0 Å². The third-order valence-electron chi connectivity index (χ3n) is 8.92. The lowest BCUT2D eigenvalue weighted by molar-refractivity contribution is -0.160. The van der Waals surface area contributed by atoms with Gasteiger partial charge < -0.3 is 31.3 Å². The number of amides is 5. The van der Waals surface area contributed by atoms with E-state index in [0.717, 1.165) is 32.1 Å². The Morgan fingerprint density at radius 3 is 1.98 bits per heavy atom. The normalized spacial score (nSPS) is 22.8. The summed E-state index contributed by atoms with van der Waals surface area (Å²) in [7, 11) is 0. The third-order valence-corrected chi connectivity index (χ3v) is 9.57. The molecule has 5 atom stereocenters.